The second kappa shape index (κ2) is 6.63. The van der Waals surface area contributed by atoms with Gasteiger partial charge in [-0.15, -0.1) is 0 Å². The number of nitrogens with two attached hydrogens (primary N) is 3. The molecule has 2 aromatic rings. The zero-order chi connectivity index (χ0) is 19.8. The number of carbonyl (C=O) groups excluding carboxylic acids is 1. The van der Waals surface area contributed by atoms with Gasteiger partial charge >= 0.3 is 5.69 Å². The third kappa shape index (κ3) is 3.16. The van der Waals surface area contributed by atoms with E-state index in [0.717, 1.165) is 5.56 Å². The highest BCUT2D eigenvalue weighted by Crippen LogP contribution is 2.29. The van der Waals surface area contributed by atoms with Crippen molar-refractivity contribution in [2.24, 2.45) is 16.1 Å². The van der Waals surface area contributed by atoms with Gasteiger partial charge in [0.15, 0.2) is 0 Å². The molecule has 3 rings (SSSR count). The van der Waals surface area contributed by atoms with E-state index in [2.05, 4.69) is 20.3 Å². The van der Waals surface area contributed by atoms with Crippen LogP contribution in [0.5, 0.6) is 0 Å². The van der Waals surface area contributed by atoms with Crippen molar-refractivity contribution < 1.29 is 10.3 Å². The highest BCUT2D eigenvalue weighted by atomic mass is 16.2. The van der Waals surface area contributed by atoms with E-state index in [-0.39, 0.29) is 23.1 Å². The summed E-state index contributed by atoms with van der Waals surface area (Å²) in [6.07, 6.45) is 0.480. The van der Waals surface area contributed by atoms with E-state index in [0.29, 0.717) is 24.3 Å². The summed E-state index contributed by atoms with van der Waals surface area (Å²) in [5.74, 6) is -0.0771. The van der Waals surface area contributed by atoms with E-state index < -0.39 is 11.1 Å². The molecule has 0 spiro atoms. The first-order chi connectivity index (χ1) is 12.8. The SMILES string of the molecule is CC(C)(/C(N)=N/N=[NH2+])c1ccc(N2CCc3[nH]c(=O)nc(N)c3C2=O)cc1. The molecule has 140 valence electrons. The monoisotopic (exact) mass is 369 g/mol. The van der Waals surface area contributed by atoms with Crippen molar-refractivity contribution in [1.29, 1.82) is 0 Å². The maximum absolute atomic E-state index is 12.8. The Hall–Kier alpha value is -3.56. The highest BCUT2D eigenvalue weighted by molar-refractivity contribution is 6.10. The number of nitrogens with one attached hydrogen (secondary N) is 1. The second-order valence-electron chi connectivity index (χ2n) is 6.76. The van der Waals surface area contributed by atoms with Crippen molar-refractivity contribution in [2.45, 2.75) is 25.7 Å². The van der Waals surface area contributed by atoms with Gasteiger partial charge in [-0.05, 0) is 31.5 Å². The lowest BCUT2D eigenvalue weighted by molar-refractivity contribution is -0.222. The second-order valence-corrected chi connectivity index (χ2v) is 6.76. The lowest BCUT2D eigenvalue weighted by atomic mass is 9.83. The average Bonchev–Trinajstić information content (AvgIpc) is 2.61. The number of amides is 1. The standard InChI is InChI=1S/C17H20N8O2/c1-17(2,15(19)23-24-20)9-3-5-10(6-4-9)25-8-7-11-12(14(25)26)13(18)22-16(27)21-11/h3-6H,7-8H2,1-2H3,(H3,19,20,23)(H3,18,21,22,27)/p+1. The lowest BCUT2D eigenvalue weighted by Gasteiger charge is -2.29. The number of nitrogens with zero attached hydrogens (tertiary/aromatic N) is 4. The quantitative estimate of drug-likeness (QED) is 0.242. The fraction of sp³-hybridized carbons (Fsp3) is 0.294. The molecular formula is C17H21N8O2+. The zero-order valence-electron chi connectivity index (χ0n) is 15.1. The minimum atomic E-state index is -0.576. The summed E-state index contributed by atoms with van der Waals surface area (Å²) < 4.78 is 0. The summed E-state index contributed by atoms with van der Waals surface area (Å²) in [6.45, 7) is 4.22. The number of benzene rings is 1. The Balaban J connectivity index is 1.92. The van der Waals surface area contributed by atoms with Gasteiger partial charge in [-0.2, -0.15) is 10.5 Å². The lowest BCUT2D eigenvalue weighted by Crippen LogP contribution is -2.40. The van der Waals surface area contributed by atoms with Crippen molar-refractivity contribution >= 4 is 23.2 Å². The molecule has 1 amide bonds. The Morgan fingerprint density at radius 3 is 2.59 bits per heavy atom. The molecule has 0 unspecified atom stereocenters. The van der Waals surface area contributed by atoms with E-state index in [9.17, 15) is 9.59 Å². The number of rotatable bonds is 4. The molecule has 1 aliphatic heterocycles. The van der Waals surface area contributed by atoms with Gasteiger partial charge in [-0.1, -0.05) is 12.1 Å². The van der Waals surface area contributed by atoms with E-state index in [1.807, 2.05) is 38.1 Å². The summed E-state index contributed by atoms with van der Waals surface area (Å²) in [6, 6.07) is 7.38. The van der Waals surface area contributed by atoms with Gasteiger partial charge in [-0.3, -0.25) is 4.79 Å². The van der Waals surface area contributed by atoms with Crippen LogP contribution >= 0.6 is 0 Å². The van der Waals surface area contributed by atoms with Gasteiger partial charge in [0.25, 0.3) is 11.7 Å². The number of nitrogen functional groups attached to an aromatic ring is 1. The summed E-state index contributed by atoms with van der Waals surface area (Å²) in [5.41, 5.74) is 18.0. The number of aromatic nitrogens is 2. The predicted molar refractivity (Wildman–Crippen MR) is 100 cm³/mol. The Morgan fingerprint density at radius 2 is 1.96 bits per heavy atom. The molecule has 27 heavy (non-hydrogen) atoms. The van der Waals surface area contributed by atoms with Crippen LogP contribution in [0.2, 0.25) is 0 Å². The molecule has 0 bridgehead atoms. The number of fused-ring (bicyclic) bond motifs is 1. The maximum atomic E-state index is 12.8. The fourth-order valence-corrected chi connectivity index (χ4v) is 3.07. The van der Waals surface area contributed by atoms with Gasteiger partial charge < -0.3 is 21.4 Å². The molecule has 1 aromatic carbocycles. The average molecular weight is 369 g/mol. The highest BCUT2D eigenvalue weighted by Gasteiger charge is 2.32. The largest absolute Gasteiger partial charge is 0.383 e. The Labute approximate surface area is 154 Å². The minimum absolute atomic E-state index is 0.0595. The zero-order valence-corrected chi connectivity index (χ0v) is 15.1. The van der Waals surface area contributed by atoms with Crippen molar-refractivity contribution in [2.75, 3.05) is 17.2 Å². The van der Waals surface area contributed by atoms with E-state index in [1.54, 1.807) is 4.90 Å². The van der Waals surface area contributed by atoms with Crippen LogP contribution in [0.15, 0.2) is 39.4 Å². The Morgan fingerprint density at radius 1 is 1.30 bits per heavy atom. The molecule has 2 heterocycles. The molecule has 7 N–H and O–H groups in total. The number of aromatic amines is 1. The Bertz CT molecular complexity index is 991. The van der Waals surface area contributed by atoms with Gasteiger partial charge in [0.1, 0.15) is 16.6 Å². The summed E-state index contributed by atoms with van der Waals surface area (Å²) in [4.78, 5) is 32.1. The summed E-state index contributed by atoms with van der Waals surface area (Å²) >= 11 is 0. The van der Waals surface area contributed by atoms with Crippen LogP contribution in [0.3, 0.4) is 0 Å². The molecule has 0 saturated heterocycles. The van der Waals surface area contributed by atoms with Gasteiger partial charge in [0.2, 0.25) is 0 Å². The normalized spacial score (nSPS) is 14.8. The van der Waals surface area contributed by atoms with Crippen LogP contribution in [0.1, 0.15) is 35.5 Å². The number of hydrogen-bond donors (Lipinski definition) is 4. The van der Waals surface area contributed by atoms with Crippen LogP contribution in [-0.2, 0) is 11.8 Å². The third-order valence-electron chi connectivity index (χ3n) is 4.79. The van der Waals surface area contributed by atoms with Crippen molar-refractivity contribution in [3.8, 4) is 0 Å². The van der Waals surface area contributed by atoms with Crippen molar-refractivity contribution in [3.05, 3.63) is 51.6 Å². The van der Waals surface area contributed by atoms with Crippen LogP contribution in [0, 0.1) is 0 Å². The molecule has 0 saturated carbocycles. The molecule has 10 heteroatoms. The van der Waals surface area contributed by atoms with Gasteiger partial charge in [-0.25, -0.2) is 4.79 Å². The van der Waals surface area contributed by atoms with Crippen LogP contribution < -0.4 is 27.6 Å². The topological polar surface area (TPSA) is 168 Å². The van der Waals surface area contributed by atoms with Crippen molar-refractivity contribution in [1.82, 2.24) is 9.97 Å². The smallest absolute Gasteiger partial charge is 0.347 e. The van der Waals surface area contributed by atoms with Crippen LogP contribution in [0.4, 0.5) is 11.5 Å². The molecule has 0 fully saturated rings. The Kier molecular flexibility index (Phi) is 4.48. The van der Waals surface area contributed by atoms with Crippen molar-refractivity contribution in [3.63, 3.8) is 0 Å². The first-order valence-electron chi connectivity index (χ1n) is 8.30. The van der Waals surface area contributed by atoms with Gasteiger partial charge in [0, 0.05) is 24.3 Å². The summed E-state index contributed by atoms with van der Waals surface area (Å²) in [5, 5.41) is 6.95. The van der Waals surface area contributed by atoms with E-state index >= 15 is 0 Å². The van der Waals surface area contributed by atoms with Gasteiger partial charge in [0.05, 0.1) is 10.5 Å². The first-order valence-corrected chi connectivity index (χ1v) is 8.30. The number of anilines is 2. The maximum Gasteiger partial charge on any atom is 0.347 e. The fourth-order valence-electron chi connectivity index (χ4n) is 3.07. The third-order valence-corrected chi connectivity index (χ3v) is 4.79. The molecule has 0 aliphatic carbocycles. The van der Waals surface area contributed by atoms with Crippen LogP contribution in [0.25, 0.3) is 0 Å². The molecule has 0 radical (unpaired) electrons. The number of hydrogen-bond acceptors (Lipinski definition) is 5. The molecule has 1 aliphatic rings. The molecular weight excluding hydrogens is 348 g/mol. The minimum Gasteiger partial charge on any atom is -0.383 e. The molecule has 10 nitrogen and oxygen atoms in total. The van der Waals surface area contributed by atoms with E-state index in [1.165, 1.54) is 0 Å². The first kappa shape index (κ1) is 18.2. The van der Waals surface area contributed by atoms with E-state index in [4.69, 9.17) is 17.0 Å². The summed E-state index contributed by atoms with van der Waals surface area (Å²) in [7, 11) is 0. The number of H-pyrrole nitrogens is 1. The molecule has 1 aromatic heterocycles. The van der Waals surface area contributed by atoms with Crippen LogP contribution in [-0.4, -0.2) is 28.3 Å². The number of carbonyl (C=O) groups is 1. The predicted octanol–water partition coefficient (Wildman–Crippen LogP) is -0.684. The number of amidine groups is 1. The molecule has 0 atom stereocenters.